The topological polar surface area (TPSA) is 30.5 Å². The van der Waals surface area contributed by atoms with Gasteiger partial charge >= 0.3 is 0 Å². The van der Waals surface area contributed by atoms with E-state index in [0.717, 1.165) is 17.9 Å². The second-order valence-electron chi connectivity index (χ2n) is 4.54. The lowest BCUT2D eigenvalue weighted by atomic mass is 10.1. The molecule has 0 heterocycles. The Morgan fingerprint density at radius 3 is 2.65 bits per heavy atom. The number of nitrogens with one attached hydrogen (secondary N) is 1. The number of rotatable bonds is 7. The van der Waals surface area contributed by atoms with Crippen molar-refractivity contribution in [3.63, 3.8) is 0 Å². The van der Waals surface area contributed by atoms with E-state index >= 15 is 0 Å². The largest absolute Gasteiger partial charge is 0.489 e. The number of ether oxygens (including phenoxy) is 2. The van der Waals surface area contributed by atoms with Crippen LogP contribution in [0.15, 0.2) is 24.3 Å². The highest BCUT2D eigenvalue weighted by Gasteiger charge is 2.14. The highest BCUT2D eigenvalue weighted by Crippen LogP contribution is 2.18. The monoisotopic (exact) mass is 237 g/mol. The molecule has 0 aliphatic rings. The predicted molar refractivity (Wildman–Crippen MR) is 70.3 cm³/mol. The van der Waals surface area contributed by atoms with Gasteiger partial charge < -0.3 is 14.8 Å². The molecule has 0 saturated heterocycles. The van der Waals surface area contributed by atoms with Gasteiger partial charge in [0.15, 0.2) is 0 Å². The summed E-state index contributed by atoms with van der Waals surface area (Å²) in [4.78, 5) is 0. The van der Waals surface area contributed by atoms with Crippen LogP contribution in [0.5, 0.6) is 5.75 Å². The van der Waals surface area contributed by atoms with Crippen LogP contribution in [0.25, 0.3) is 0 Å². The number of benzene rings is 1. The Balaban J connectivity index is 2.68. The minimum Gasteiger partial charge on any atom is -0.489 e. The fourth-order valence-corrected chi connectivity index (χ4v) is 1.66. The van der Waals surface area contributed by atoms with Crippen molar-refractivity contribution in [2.24, 2.45) is 5.92 Å². The van der Waals surface area contributed by atoms with Crippen molar-refractivity contribution in [2.75, 3.05) is 20.7 Å². The van der Waals surface area contributed by atoms with E-state index in [1.165, 1.54) is 0 Å². The van der Waals surface area contributed by atoms with E-state index in [0.29, 0.717) is 12.5 Å². The highest BCUT2D eigenvalue weighted by atomic mass is 16.5. The molecule has 1 aromatic rings. The van der Waals surface area contributed by atoms with Gasteiger partial charge in [-0.05, 0) is 30.7 Å². The third-order valence-electron chi connectivity index (χ3n) is 2.65. The Kier molecular flexibility index (Phi) is 6.01. The van der Waals surface area contributed by atoms with Gasteiger partial charge in [0.1, 0.15) is 11.9 Å². The van der Waals surface area contributed by atoms with E-state index in [9.17, 15) is 0 Å². The molecule has 3 nitrogen and oxygen atoms in total. The zero-order valence-corrected chi connectivity index (χ0v) is 11.2. The average molecular weight is 237 g/mol. The minimum atomic E-state index is 0.192. The fourth-order valence-electron chi connectivity index (χ4n) is 1.66. The molecule has 1 rings (SSSR count). The lowest BCUT2D eigenvalue weighted by Gasteiger charge is -2.22. The number of likely N-dealkylation sites (N-methyl/N-ethyl adjacent to an activating group) is 1. The Hall–Kier alpha value is -1.06. The molecule has 0 saturated carbocycles. The molecule has 0 bridgehead atoms. The molecule has 0 aliphatic heterocycles. The van der Waals surface area contributed by atoms with Gasteiger partial charge in [-0.2, -0.15) is 0 Å². The van der Waals surface area contributed by atoms with Crippen molar-refractivity contribution in [3.8, 4) is 5.75 Å². The SMILES string of the molecule is CNCC(Oc1cccc(COC)c1)C(C)C. The smallest absolute Gasteiger partial charge is 0.120 e. The molecular formula is C14H23NO2. The van der Waals surface area contributed by atoms with Crippen LogP contribution in [-0.2, 0) is 11.3 Å². The molecule has 0 amide bonds. The first-order valence-corrected chi connectivity index (χ1v) is 6.06. The third-order valence-corrected chi connectivity index (χ3v) is 2.65. The summed E-state index contributed by atoms with van der Waals surface area (Å²) < 4.78 is 11.1. The van der Waals surface area contributed by atoms with E-state index in [1.807, 2.05) is 31.3 Å². The normalized spacial score (nSPS) is 12.8. The first kappa shape index (κ1) is 14.0. The second kappa shape index (κ2) is 7.30. The molecular weight excluding hydrogens is 214 g/mol. The summed E-state index contributed by atoms with van der Waals surface area (Å²) in [7, 11) is 3.64. The van der Waals surface area contributed by atoms with Gasteiger partial charge in [0.25, 0.3) is 0 Å². The maximum absolute atomic E-state index is 5.99. The van der Waals surface area contributed by atoms with E-state index < -0.39 is 0 Å². The molecule has 1 unspecified atom stereocenters. The van der Waals surface area contributed by atoms with Gasteiger partial charge in [-0.25, -0.2) is 0 Å². The molecule has 0 aliphatic carbocycles. The zero-order valence-electron chi connectivity index (χ0n) is 11.2. The van der Waals surface area contributed by atoms with E-state index in [1.54, 1.807) is 7.11 Å². The van der Waals surface area contributed by atoms with Crippen LogP contribution in [0.3, 0.4) is 0 Å². The zero-order chi connectivity index (χ0) is 12.7. The van der Waals surface area contributed by atoms with Crippen molar-refractivity contribution in [3.05, 3.63) is 29.8 Å². The van der Waals surface area contributed by atoms with Crippen LogP contribution in [0.2, 0.25) is 0 Å². The number of methoxy groups -OCH3 is 1. The van der Waals surface area contributed by atoms with Crippen molar-refractivity contribution in [1.82, 2.24) is 5.32 Å². The lowest BCUT2D eigenvalue weighted by Crippen LogP contribution is -2.33. The number of hydrogen-bond donors (Lipinski definition) is 1. The Morgan fingerprint density at radius 2 is 2.06 bits per heavy atom. The molecule has 3 heteroatoms. The van der Waals surface area contributed by atoms with Gasteiger partial charge in [-0.3, -0.25) is 0 Å². The van der Waals surface area contributed by atoms with Crippen LogP contribution in [-0.4, -0.2) is 26.8 Å². The summed E-state index contributed by atoms with van der Waals surface area (Å²) in [6.45, 7) is 5.81. The van der Waals surface area contributed by atoms with Crippen molar-refractivity contribution < 1.29 is 9.47 Å². The van der Waals surface area contributed by atoms with Crippen molar-refractivity contribution in [1.29, 1.82) is 0 Å². The first-order chi connectivity index (χ1) is 8.17. The second-order valence-corrected chi connectivity index (χ2v) is 4.54. The predicted octanol–water partition coefficient (Wildman–Crippen LogP) is 2.46. The van der Waals surface area contributed by atoms with E-state index in [2.05, 4.69) is 19.2 Å². The van der Waals surface area contributed by atoms with Gasteiger partial charge in [0.05, 0.1) is 6.61 Å². The van der Waals surface area contributed by atoms with Gasteiger partial charge in [0.2, 0.25) is 0 Å². The molecule has 0 radical (unpaired) electrons. The Morgan fingerprint density at radius 1 is 1.29 bits per heavy atom. The van der Waals surface area contributed by atoms with Gasteiger partial charge in [-0.15, -0.1) is 0 Å². The summed E-state index contributed by atoms with van der Waals surface area (Å²) in [5, 5.41) is 3.16. The third kappa shape index (κ3) is 4.75. The Bertz CT molecular complexity index is 326. The molecule has 96 valence electrons. The van der Waals surface area contributed by atoms with Crippen LogP contribution >= 0.6 is 0 Å². The maximum Gasteiger partial charge on any atom is 0.120 e. The molecule has 1 atom stereocenters. The Labute approximate surface area is 104 Å². The van der Waals surface area contributed by atoms with Crippen LogP contribution in [0, 0.1) is 5.92 Å². The molecule has 17 heavy (non-hydrogen) atoms. The average Bonchev–Trinajstić information content (AvgIpc) is 2.29. The molecule has 1 N–H and O–H groups in total. The van der Waals surface area contributed by atoms with E-state index in [-0.39, 0.29) is 6.10 Å². The maximum atomic E-state index is 5.99. The first-order valence-electron chi connectivity index (χ1n) is 6.06. The highest BCUT2D eigenvalue weighted by molar-refractivity contribution is 5.28. The summed E-state index contributed by atoms with van der Waals surface area (Å²) in [6, 6.07) is 8.07. The minimum absolute atomic E-state index is 0.192. The van der Waals surface area contributed by atoms with Crippen LogP contribution < -0.4 is 10.1 Å². The summed E-state index contributed by atoms with van der Waals surface area (Å²) in [6.07, 6.45) is 0.192. The fraction of sp³-hybridized carbons (Fsp3) is 0.571. The molecule has 0 aromatic heterocycles. The molecule has 0 fully saturated rings. The van der Waals surface area contributed by atoms with Gasteiger partial charge in [-0.1, -0.05) is 26.0 Å². The van der Waals surface area contributed by atoms with Crippen molar-refractivity contribution >= 4 is 0 Å². The molecule has 0 spiro atoms. The van der Waals surface area contributed by atoms with Crippen LogP contribution in [0.4, 0.5) is 0 Å². The summed E-state index contributed by atoms with van der Waals surface area (Å²) >= 11 is 0. The van der Waals surface area contributed by atoms with Crippen molar-refractivity contribution in [2.45, 2.75) is 26.6 Å². The van der Waals surface area contributed by atoms with E-state index in [4.69, 9.17) is 9.47 Å². The van der Waals surface area contributed by atoms with Gasteiger partial charge in [0, 0.05) is 13.7 Å². The van der Waals surface area contributed by atoms with Crippen LogP contribution in [0.1, 0.15) is 19.4 Å². The molecule has 1 aromatic carbocycles. The summed E-state index contributed by atoms with van der Waals surface area (Å²) in [5.74, 6) is 1.39. The number of hydrogen-bond acceptors (Lipinski definition) is 3. The quantitative estimate of drug-likeness (QED) is 0.790. The summed E-state index contributed by atoms with van der Waals surface area (Å²) in [5.41, 5.74) is 1.14. The standard InChI is InChI=1S/C14H23NO2/c1-11(2)14(9-15-3)17-13-7-5-6-12(8-13)10-16-4/h5-8,11,14-15H,9-10H2,1-4H3. The lowest BCUT2D eigenvalue weighted by molar-refractivity contribution is 0.150.